The van der Waals surface area contributed by atoms with Crippen molar-refractivity contribution in [2.24, 2.45) is 5.92 Å². The van der Waals surface area contributed by atoms with Gasteiger partial charge in [0.1, 0.15) is 0 Å². The summed E-state index contributed by atoms with van der Waals surface area (Å²) < 4.78 is 0. The minimum Gasteiger partial charge on any atom is -0.0807 e. The molecule has 11 heavy (non-hydrogen) atoms. The number of hydrogen-bond donors (Lipinski definition) is 0. The summed E-state index contributed by atoms with van der Waals surface area (Å²) in [6.07, 6.45) is 8.53. The Balaban J connectivity index is 2.68. The number of hydrogen-bond acceptors (Lipinski definition) is 0. The van der Waals surface area contributed by atoms with Crippen molar-refractivity contribution in [1.82, 2.24) is 0 Å². The smallest absolute Gasteiger partial charge is 0.0222 e. The first kappa shape index (κ1) is 8.58. The molecule has 0 unspecified atom stereocenters. The van der Waals surface area contributed by atoms with Crippen molar-refractivity contribution < 1.29 is 0 Å². The van der Waals surface area contributed by atoms with Crippen LogP contribution in [0.4, 0.5) is 0 Å². The van der Waals surface area contributed by atoms with Crippen LogP contribution in [0.15, 0.2) is 23.3 Å². The molecule has 0 spiro atoms. The molecule has 62 valence electrons. The van der Waals surface area contributed by atoms with Crippen LogP contribution in [0.25, 0.3) is 0 Å². The number of allylic oxidation sites excluding steroid dienone is 4. The molecule has 0 heteroatoms. The lowest BCUT2D eigenvalue weighted by atomic mass is 9.92. The quantitative estimate of drug-likeness (QED) is 0.563. The van der Waals surface area contributed by atoms with Gasteiger partial charge >= 0.3 is 0 Å². The van der Waals surface area contributed by atoms with Gasteiger partial charge in [-0.3, -0.25) is 0 Å². The second-order valence-electron chi connectivity index (χ2n) is 3.55. The predicted octanol–water partition coefficient (Wildman–Crippen LogP) is 3.70. The second-order valence-corrected chi connectivity index (χ2v) is 3.55. The fourth-order valence-corrected chi connectivity index (χ4v) is 1.47. The largest absolute Gasteiger partial charge is 0.0807 e. The average Bonchev–Trinajstić information content (AvgIpc) is 2.05. The highest BCUT2D eigenvalue weighted by Crippen LogP contribution is 2.23. The first-order valence-corrected chi connectivity index (χ1v) is 4.63. The van der Waals surface area contributed by atoms with E-state index in [-0.39, 0.29) is 0 Å². The highest BCUT2D eigenvalue weighted by atomic mass is 14.1. The van der Waals surface area contributed by atoms with Gasteiger partial charge in [0.25, 0.3) is 0 Å². The zero-order chi connectivity index (χ0) is 8.27. The van der Waals surface area contributed by atoms with Gasteiger partial charge in [-0.25, -0.2) is 0 Å². The Morgan fingerprint density at radius 3 is 2.73 bits per heavy atom. The maximum atomic E-state index is 2.38. The van der Waals surface area contributed by atoms with Gasteiger partial charge in [0, 0.05) is 0 Å². The second kappa shape index (κ2) is 3.75. The van der Waals surface area contributed by atoms with E-state index < -0.39 is 0 Å². The van der Waals surface area contributed by atoms with Crippen LogP contribution in [0, 0.1) is 5.92 Å². The van der Waals surface area contributed by atoms with Gasteiger partial charge in [0.15, 0.2) is 0 Å². The van der Waals surface area contributed by atoms with E-state index in [4.69, 9.17) is 0 Å². The zero-order valence-corrected chi connectivity index (χ0v) is 7.85. The molecule has 0 atom stereocenters. The summed E-state index contributed by atoms with van der Waals surface area (Å²) in [5, 5.41) is 0. The summed E-state index contributed by atoms with van der Waals surface area (Å²) in [5.74, 6) is 0.705. The molecule has 0 fully saturated rings. The standard InChI is InChI=1S/C11H18/c1-4-10-6-5-7-11(8-10)9(2)3/h7-9H,4-6H2,1-3H3. The lowest BCUT2D eigenvalue weighted by Gasteiger charge is -2.14. The first-order chi connectivity index (χ1) is 5.24. The van der Waals surface area contributed by atoms with Crippen molar-refractivity contribution in [2.75, 3.05) is 0 Å². The first-order valence-electron chi connectivity index (χ1n) is 4.63. The maximum Gasteiger partial charge on any atom is -0.0222 e. The van der Waals surface area contributed by atoms with Gasteiger partial charge in [-0.1, -0.05) is 38.5 Å². The fourth-order valence-electron chi connectivity index (χ4n) is 1.47. The molecule has 0 radical (unpaired) electrons. The predicted molar refractivity (Wildman–Crippen MR) is 50.5 cm³/mol. The molecule has 0 aromatic carbocycles. The van der Waals surface area contributed by atoms with Crippen molar-refractivity contribution in [2.45, 2.75) is 40.0 Å². The Kier molecular flexibility index (Phi) is 2.92. The molecule has 0 bridgehead atoms. The van der Waals surface area contributed by atoms with E-state index in [1.165, 1.54) is 24.8 Å². The Morgan fingerprint density at radius 1 is 1.45 bits per heavy atom. The van der Waals surface area contributed by atoms with Crippen LogP contribution in [0.3, 0.4) is 0 Å². The van der Waals surface area contributed by atoms with Gasteiger partial charge in [0.2, 0.25) is 0 Å². The molecule has 1 aliphatic carbocycles. The zero-order valence-electron chi connectivity index (χ0n) is 7.85. The summed E-state index contributed by atoms with van der Waals surface area (Å²) in [5.41, 5.74) is 3.16. The summed E-state index contributed by atoms with van der Waals surface area (Å²) in [6, 6.07) is 0. The molecule has 0 aromatic rings. The highest BCUT2D eigenvalue weighted by molar-refractivity contribution is 5.28. The molecule has 0 amide bonds. The lowest BCUT2D eigenvalue weighted by molar-refractivity contribution is 0.757. The summed E-state index contributed by atoms with van der Waals surface area (Å²) in [6.45, 7) is 6.77. The normalized spacial score (nSPS) is 18.2. The van der Waals surface area contributed by atoms with Crippen molar-refractivity contribution in [3.63, 3.8) is 0 Å². The van der Waals surface area contributed by atoms with Crippen LogP contribution in [0.5, 0.6) is 0 Å². The number of rotatable bonds is 2. The summed E-state index contributed by atoms with van der Waals surface area (Å²) in [7, 11) is 0. The van der Waals surface area contributed by atoms with E-state index in [0.29, 0.717) is 5.92 Å². The lowest BCUT2D eigenvalue weighted by Crippen LogP contribution is -1.97. The minimum atomic E-state index is 0.705. The molecular weight excluding hydrogens is 132 g/mol. The molecule has 0 aliphatic heterocycles. The molecule has 0 N–H and O–H groups in total. The average molecular weight is 150 g/mol. The Labute approximate surface area is 70.0 Å². The Hall–Kier alpha value is -0.520. The monoisotopic (exact) mass is 150 g/mol. The summed E-state index contributed by atoms with van der Waals surface area (Å²) >= 11 is 0. The van der Waals surface area contributed by atoms with E-state index in [1.54, 1.807) is 5.57 Å². The van der Waals surface area contributed by atoms with Gasteiger partial charge in [-0.15, -0.1) is 0 Å². The highest BCUT2D eigenvalue weighted by Gasteiger charge is 2.05. The third-order valence-electron chi connectivity index (χ3n) is 2.34. The third kappa shape index (κ3) is 2.21. The third-order valence-corrected chi connectivity index (χ3v) is 2.34. The van der Waals surface area contributed by atoms with Gasteiger partial charge in [-0.05, 0) is 30.8 Å². The van der Waals surface area contributed by atoms with Crippen molar-refractivity contribution in [3.8, 4) is 0 Å². The molecule has 0 aromatic heterocycles. The maximum absolute atomic E-state index is 2.38. The molecule has 0 saturated carbocycles. The SMILES string of the molecule is CCC1=CC(C(C)C)=CCC1. The van der Waals surface area contributed by atoms with Gasteiger partial charge in [0.05, 0.1) is 0 Å². The van der Waals surface area contributed by atoms with E-state index >= 15 is 0 Å². The molecule has 0 saturated heterocycles. The van der Waals surface area contributed by atoms with Crippen molar-refractivity contribution >= 4 is 0 Å². The minimum absolute atomic E-state index is 0.705. The van der Waals surface area contributed by atoms with Crippen LogP contribution in [-0.4, -0.2) is 0 Å². The van der Waals surface area contributed by atoms with Crippen molar-refractivity contribution in [3.05, 3.63) is 23.3 Å². The fraction of sp³-hybridized carbons (Fsp3) is 0.636. The Morgan fingerprint density at radius 2 is 2.18 bits per heavy atom. The van der Waals surface area contributed by atoms with Crippen LogP contribution >= 0.6 is 0 Å². The van der Waals surface area contributed by atoms with Crippen LogP contribution in [0.1, 0.15) is 40.0 Å². The van der Waals surface area contributed by atoms with Gasteiger partial charge < -0.3 is 0 Å². The van der Waals surface area contributed by atoms with E-state index in [0.717, 1.165) is 0 Å². The molecular formula is C11H18. The van der Waals surface area contributed by atoms with E-state index in [9.17, 15) is 0 Å². The summed E-state index contributed by atoms with van der Waals surface area (Å²) in [4.78, 5) is 0. The Bertz CT molecular complexity index is 182. The van der Waals surface area contributed by atoms with E-state index in [2.05, 4.69) is 32.9 Å². The van der Waals surface area contributed by atoms with Gasteiger partial charge in [-0.2, -0.15) is 0 Å². The van der Waals surface area contributed by atoms with Crippen molar-refractivity contribution in [1.29, 1.82) is 0 Å². The van der Waals surface area contributed by atoms with Crippen LogP contribution < -0.4 is 0 Å². The van der Waals surface area contributed by atoms with E-state index in [1.807, 2.05) is 0 Å². The van der Waals surface area contributed by atoms with Crippen LogP contribution in [0.2, 0.25) is 0 Å². The van der Waals surface area contributed by atoms with Crippen LogP contribution in [-0.2, 0) is 0 Å². The molecule has 0 heterocycles. The molecule has 1 aliphatic rings. The topological polar surface area (TPSA) is 0 Å². The molecule has 0 nitrogen and oxygen atoms in total. The molecule has 1 rings (SSSR count).